The molecule has 1 aromatic heterocycles. The summed E-state index contributed by atoms with van der Waals surface area (Å²) in [6.45, 7) is 6.47. The van der Waals surface area contributed by atoms with E-state index in [9.17, 15) is 14.7 Å². The van der Waals surface area contributed by atoms with Gasteiger partial charge in [0.25, 0.3) is 5.91 Å². The molecule has 2 N–H and O–H groups in total. The molecular weight excluding hydrogens is 308 g/mol. The number of nitrogens with zero attached hydrogens (tertiary/aromatic N) is 3. The van der Waals surface area contributed by atoms with Gasteiger partial charge in [-0.2, -0.15) is 5.10 Å². The molecule has 2 aromatic rings. The molecule has 1 aromatic carbocycles. The predicted molar refractivity (Wildman–Crippen MR) is 90.6 cm³/mol. The Morgan fingerprint density at radius 2 is 2.21 bits per heavy atom. The maximum absolute atomic E-state index is 12.6. The number of hydrogen-bond acceptors (Lipinski definition) is 4. The van der Waals surface area contributed by atoms with E-state index in [1.165, 1.54) is 23.1 Å². The highest BCUT2D eigenvalue weighted by molar-refractivity contribution is 6.01. The second-order valence-corrected chi connectivity index (χ2v) is 5.29. The van der Waals surface area contributed by atoms with Crippen LogP contribution in [0.2, 0.25) is 0 Å². The lowest BCUT2D eigenvalue weighted by Crippen LogP contribution is -2.26. The average Bonchev–Trinajstić information content (AvgIpc) is 3.03. The number of aromatic hydroxyl groups is 1. The van der Waals surface area contributed by atoms with Crippen LogP contribution in [-0.4, -0.2) is 38.6 Å². The number of benzene rings is 1. The molecule has 24 heavy (non-hydrogen) atoms. The van der Waals surface area contributed by atoms with Gasteiger partial charge in [0, 0.05) is 37.6 Å². The number of amides is 2. The van der Waals surface area contributed by atoms with Gasteiger partial charge in [0.1, 0.15) is 5.75 Å². The highest BCUT2D eigenvalue weighted by Gasteiger charge is 2.17. The summed E-state index contributed by atoms with van der Waals surface area (Å²) in [7, 11) is 1.64. The van der Waals surface area contributed by atoms with Gasteiger partial charge in [-0.1, -0.05) is 6.58 Å². The Hall–Kier alpha value is -3.09. The molecule has 0 bridgehead atoms. The van der Waals surface area contributed by atoms with Crippen molar-refractivity contribution in [3.8, 4) is 5.75 Å². The Morgan fingerprint density at radius 3 is 2.83 bits per heavy atom. The van der Waals surface area contributed by atoms with E-state index in [0.29, 0.717) is 12.2 Å². The summed E-state index contributed by atoms with van der Waals surface area (Å²) in [5.41, 5.74) is 1.42. The van der Waals surface area contributed by atoms with Crippen LogP contribution in [0.25, 0.3) is 0 Å². The summed E-state index contributed by atoms with van der Waals surface area (Å²) in [4.78, 5) is 25.4. The van der Waals surface area contributed by atoms with Gasteiger partial charge in [0.05, 0.1) is 11.8 Å². The van der Waals surface area contributed by atoms with Crippen molar-refractivity contribution in [2.45, 2.75) is 20.0 Å². The number of nitrogens with one attached hydrogen (secondary N) is 1. The Bertz CT molecular complexity index is 767. The van der Waals surface area contributed by atoms with Crippen molar-refractivity contribution in [3.63, 3.8) is 0 Å². The normalized spacial score (nSPS) is 10.2. The maximum atomic E-state index is 12.6. The summed E-state index contributed by atoms with van der Waals surface area (Å²) in [6, 6.07) is 4.32. The van der Waals surface area contributed by atoms with Gasteiger partial charge < -0.3 is 15.3 Å². The first-order chi connectivity index (χ1) is 11.4. The van der Waals surface area contributed by atoms with Crippen molar-refractivity contribution in [2.24, 2.45) is 0 Å². The first-order valence-electron chi connectivity index (χ1n) is 7.47. The van der Waals surface area contributed by atoms with E-state index in [0.717, 1.165) is 18.2 Å². The fourth-order valence-corrected chi connectivity index (χ4v) is 2.19. The smallest absolute Gasteiger partial charge is 0.257 e. The van der Waals surface area contributed by atoms with E-state index in [1.54, 1.807) is 17.9 Å². The maximum Gasteiger partial charge on any atom is 0.257 e. The number of rotatable bonds is 6. The topological polar surface area (TPSA) is 87.5 Å². The van der Waals surface area contributed by atoms with Crippen LogP contribution in [-0.2, 0) is 17.9 Å². The molecule has 0 spiro atoms. The van der Waals surface area contributed by atoms with Crippen molar-refractivity contribution < 1.29 is 14.7 Å². The summed E-state index contributed by atoms with van der Waals surface area (Å²) in [6.07, 6.45) is 4.70. The number of phenols is 1. The molecule has 0 aliphatic rings. The van der Waals surface area contributed by atoms with Gasteiger partial charge >= 0.3 is 0 Å². The molecule has 0 saturated carbocycles. The molecule has 0 atom stereocenters. The Balaban J connectivity index is 2.16. The van der Waals surface area contributed by atoms with Crippen LogP contribution in [0.5, 0.6) is 5.75 Å². The molecular formula is C17H20N4O3. The minimum absolute atomic E-state index is 0.113. The van der Waals surface area contributed by atoms with E-state index in [2.05, 4.69) is 17.0 Å². The summed E-state index contributed by atoms with van der Waals surface area (Å²) in [5.74, 6) is -0.890. The number of carbonyl (C=O) groups is 2. The molecule has 0 fully saturated rings. The molecule has 1 heterocycles. The third-order valence-corrected chi connectivity index (χ3v) is 3.46. The zero-order valence-corrected chi connectivity index (χ0v) is 13.7. The standard InChI is InChI=1S/C17H20N4O3/c1-4-16(23)19-13-6-7-15(22)14(8-13)17(24)20(3)10-12-9-18-21(5-2)11-12/h4,6-9,11,22H,1,5,10H2,2-3H3,(H,19,23). The first-order valence-corrected chi connectivity index (χ1v) is 7.47. The van der Waals surface area contributed by atoms with Gasteiger partial charge in [0.15, 0.2) is 0 Å². The minimum atomic E-state index is -0.389. The number of carbonyl (C=O) groups excluding carboxylic acids is 2. The van der Waals surface area contributed by atoms with Crippen LogP contribution in [0.15, 0.2) is 43.2 Å². The number of hydrogen-bond donors (Lipinski definition) is 2. The van der Waals surface area contributed by atoms with Gasteiger partial charge in [-0.15, -0.1) is 0 Å². The third-order valence-electron chi connectivity index (χ3n) is 3.46. The molecule has 0 aliphatic heterocycles. The molecule has 7 nitrogen and oxygen atoms in total. The van der Waals surface area contributed by atoms with Crippen LogP contribution in [0.1, 0.15) is 22.8 Å². The van der Waals surface area contributed by atoms with Crippen molar-refractivity contribution in [1.82, 2.24) is 14.7 Å². The van der Waals surface area contributed by atoms with E-state index in [4.69, 9.17) is 0 Å². The molecule has 2 amide bonds. The lowest BCUT2D eigenvalue weighted by atomic mass is 10.1. The molecule has 0 saturated heterocycles. The molecule has 0 unspecified atom stereocenters. The van der Waals surface area contributed by atoms with E-state index < -0.39 is 0 Å². The number of aromatic nitrogens is 2. The zero-order chi connectivity index (χ0) is 17.7. The highest BCUT2D eigenvalue weighted by atomic mass is 16.3. The zero-order valence-electron chi connectivity index (χ0n) is 13.7. The highest BCUT2D eigenvalue weighted by Crippen LogP contribution is 2.23. The van der Waals surface area contributed by atoms with Crippen LogP contribution in [0.3, 0.4) is 0 Å². The minimum Gasteiger partial charge on any atom is -0.507 e. The fraction of sp³-hybridized carbons (Fsp3) is 0.235. The van der Waals surface area contributed by atoms with Crippen LogP contribution in [0, 0.1) is 0 Å². The molecule has 7 heteroatoms. The van der Waals surface area contributed by atoms with Crippen LogP contribution in [0.4, 0.5) is 5.69 Å². The molecule has 0 radical (unpaired) electrons. The van der Waals surface area contributed by atoms with Crippen LogP contribution < -0.4 is 5.32 Å². The molecule has 2 rings (SSSR count). The number of aryl methyl sites for hydroxylation is 1. The fourth-order valence-electron chi connectivity index (χ4n) is 2.19. The van der Waals surface area contributed by atoms with Gasteiger partial charge in [0.2, 0.25) is 5.91 Å². The summed E-state index contributed by atoms with van der Waals surface area (Å²) in [5, 5.41) is 16.7. The lowest BCUT2D eigenvalue weighted by molar-refractivity contribution is -0.111. The second kappa shape index (κ2) is 7.45. The van der Waals surface area contributed by atoms with Crippen LogP contribution >= 0.6 is 0 Å². The van der Waals surface area contributed by atoms with E-state index in [1.807, 2.05) is 13.1 Å². The Labute approximate surface area is 140 Å². The quantitative estimate of drug-likeness (QED) is 0.627. The van der Waals surface area contributed by atoms with Gasteiger partial charge in [-0.25, -0.2) is 0 Å². The predicted octanol–water partition coefficient (Wildman–Crippen LogP) is 2.01. The van der Waals surface area contributed by atoms with Gasteiger partial charge in [-0.05, 0) is 31.2 Å². The third kappa shape index (κ3) is 4.01. The molecule has 0 aliphatic carbocycles. The summed E-state index contributed by atoms with van der Waals surface area (Å²) < 4.78 is 1.77. The largest absolute Gasteiger partial charge is 0.507 e. The van der Waals surface area contributed by atoms with E-state index >= 15 is 0 Å². The number of anilines is 1. The lowest BCUT2D eigenvalue weighted by Gasteiger charge is -2.17. The van der Waals surface area contributed by atoms with Crippen molar-refractivity contribution >= 4 is 17.5 Å². The first kappa shape index (κ1) is 17.3. The second-order valence-electron chi connectivity index (χ2n) is 5.29. The van der Waals surface area contributed by atoms with E-state index in [-0.39, 0.29) is 23.1 Å². The van der Waals surface area contributed by atoms with Crippen molar-refractivity contribution in [2.75, 3.05) is 12.4 Å². The average molecular weight is 328 g/mol. The summed E-state index contributed by atoms with van der Waals surface area (Å²) >= 11 is 0. The van der Waals surface area contributed by atoms with Crippen molar-refractivity contribution in [1.29, 1.82) is 0 Å². The SMILES string of the molecule is C=CC(=O)Nc1ccc(O)c(C(=O)N(C)Cc2cnn(CC)c2)c1. The Morgan fingerprint density at radius 1 is 1.46 bits per heavy atom. The monoisotopic (exact) mass is 328 g/mol. The Kier molecular flexibility index (Phi) is 5.36. The number of phenolic OH excluding ortho intramolecular Hbond substituents is 1. The van der Waals surface area contributed by atoms with Gasteiger partial charge in [-0.3, -0.25) is 14.3 Å². The molecule has 126 valence electrons. The van der Waals surface area contributed by atoms with Crippen molar-refractivity contribution in [3.05, 3.63) is 54.4 Å².